The van der Waals surface area contributed by atoms with Gasteiger partial charge in [-0.15, -0.1) is 11.3 Å². The number of nitrogens with zero attached hydrogens (tertiary/aromatic N) is 2. The van der Waals surface area contributed by atoms with Gasteiger partial charge in [0, 0.05) is 24.4 Å². The highest BCUT2D eigenvalue weighted by Gasteiger charge is 2.21. The number of amides is 2. The van der Waals surface area contributed by atoms with E-state index in [1.165, 1.54) is 19.3 Å². The lowest BCUT2D eigenvalue weighted by Gasteiger charge is -2.27. The Morgan fingerprint density at radius 3 is 2.29 bits per heavy atom. The minimum absolute atomic E-state index is 0.00772. The lowest BCUT2D eigenvalue weighted by Crippen LogP contribution is -2.43. The van der Waals surface area contributed by atoms with Crippen LogP contribution in [0.4, 0.5) is 0 Å². The minimum Gasteiger partial charge on any atom is -0.493 e. The molecule has 1 aromatic carbocycles. The van der Waals surface area contributed by atoms with E-state index >= 15 is 0 Å². The van der Waals surface area contributed by atoms with Gasteiger partial charge in [0.1, 0.15) is 0 Å². The van der Waals surface area contributed by atoms with Crippen LogP contribution in [0.2, 0.25) is 0 Å². The molecule has 0 spiro atoms. The molecule has 0 saturated carbocycles. The summed E-state index contributed by atoms with van der Waals surface area (Å²) in [6.07, 6.45) is 7.59. The number of methoxy groups -OCH3 is 2. The summed E-state index contributed by atoms with van der Waals surface area (Å²) in [6, 6.07) is 9.90. The lowest BCUT2D eigenvalue weighted by atomic mass is 10.1. The van der Waals surface area contributed by atoms with E-state index in [1.54, 1.807) is 30.5 Å². The third-order valence-electron chi connectivity index (χ3n) is 6.06. The second-order valence-electron chi connectivity index (χ2n) is 8.81. The Bertz CT molecular complexity index is 885. The van der Waals surface area contributed by atoms with E-state index in [0.717, 1.165) is 29.7 Å². The molecule has 194 valence electrons. The van der Waals surface area contributed by atoms with Gasteiger partial charge >= 0.3 is 0 Å². The average molecular weight is 503 g/mol. The monoisotopic (exact) mass is 502 g/mol. The van der Waals surface area contributed by atoms with Gasteiger partial charge < -0.3 is 19.3 Å². The molecule has 0 fully saturated rings. The van der Waals surface area contributed by atoms with Crippen molar-refractivity contribution in [1.29, 1.82) is 0 Å². The summed E-state index contributed by atoms with van der Waals surface area (Å²) in [5.74, 6) is 1.45. The summed E-state index contributed by atoms with van der Waals surface area (Å²) in [6.45, 7) is 6.10. The maximum absolute atomic E-state index is 13.4. The van der Waals surface area contributed by atoms with E-state index in [0.29, 0.717) is 44.0 Å². The summed E-state index contributed by atoms with van der Waals surface area (Å²) < 4.78 is 10.8. The molecular weight excluding hydrogens is 460 g/mol. The summed E-state index contributed by atoms with van der Waals surface area (Å²) in [5.41, 5.74) is 1.07. The maximum atomic E-state index is 13.4. The van der Waals surface area contributed by atoms with E-state index in [2.05, 4.69) is 6.92 Å². The highest BCUT2D eigenvalue weighted by Crippen LogP contribution is 2.28. The zero-order valence-electron chi connectivity index (χ0n) is 21.9. The van der Waals surface area contributed by atoms with Crippen LogP contribution in [-0.2, 0) is 22.6 Å². The molecule has 0 aliphatic carbocycles. The van der Waals surface area contributed by atoms with Crippen LogP contribution in [-0.4, -0.2) is 55.5 Å². The molecule has 0 bridgehead atoms. The molecule has 1 aromatic heterocycles. The third-order valence-corrected chi connectivity index (χ3v) is 6.93. The summed E-state index contributed by atoms with van der Waals surface area (Å²) >= 11 is 1.64. The van der Waals surface area contributed by atoms with Crippen molar-refractivity contribution in [2.75, 3.05) is 33.9 Å². The molecule has 0 aliphatic rings. The predicted molar refractivity (Wildman–Crippen MR) is 143 cm³/mol. The van der Waals surface area contributed by atoms with Crippen molar-refractivity contribution in [3.8, 4) is 11.5 Å². The van der Waals surface area contributed by atoms with Crippen LogP contribution < -0.4 is 9.47 Å². The van der Waals surface area contributed by atoms with Crippen molar-refractivity contribution >= 4 is 23.2 Å². The number of rotatable bonds is 17. The van der Waals surface area contributed by atoms with E-state index in [4.69, 9.17) is 9.47 Å². The molecule has 2 amide bonds. The number of hydrogen-bond donors (Lipinski definition) is 0. The van der Waals surface area contributed by atoms with Crippen LogP contribution in [0.1, 0.15) is 69.2 Å². The van der Waals surface area contributed by atoms with E-state index < -0.39 is 0 Å². The van der Waals surface area contributed by atoms with Gasteiger partial charge in [0.25, 0.3) is 0 Å². The molecule has 0 radical (unpaired) electrons. The Kier molecular flexibility index (Phi) is 13.3. The molecule has 35 heavy (non-hydrogen) atoms. The quantitative estimate of drug-likeness (QED) is 0.251. The molecule has 0 saturated heterocycles. The molecule has 0 N–H and O–H groups in total. The van der Waals surface area contributed by atoms with Crippen molar-refractivity contribution < 1.29 is 19.1 Å². The second-order valence-corrected chi connectivity index (χ2v) is 9.85. The molecule has 0 unspecified atom stereocenters. The van der Waals surface area contributed by atoms with Crippen molar-refractivity contribution in [2.24, 2.45) is 0 Å². The van der Waals surface area contributed by atoms with Crippen molar-refractivity contribution in [3.63, 3.8) is 0 Å². The van der Waals surface area contributed by atoms with E-state index in [1.807, 2.05) is 47.5 Å². The van der Waals surface area contributed by atoms with Crippen LogP contribution in [0.5, 0.6) is 11.5 Å². The number of carbonyl (C=O) groups is 2. The maximum Gasteiger partial charge on any atom is 0.242 e. The molecule has 2 rings (SSSR count). The van der Waals surface area contributed by atoms with E-state index in [-0.39, 0.29) is 18.4 Å². The SMILES string of the molecule is CCCCCCCC(=O)N(CCC)CC(=O)N(CCc1ccc(OC)c(OC)c1)Cc1cccs1. The van der Waals surface area contributed by atoms with Gasteiger partial charge in [-0.2, -0.15) is 0 Å². The Morgan fingerprint density at radius 2 is 1.63 bits per heavy atom. The van der Waals surface area contributed by atoms with E-state index in [9.17, 15) is 9.59 Å². The number of ether oxygens (including phenoxy) is 2. The highest BCUT2D eigenvalue weighted by molar-refractivity contribution is 7.09. The Labute approximate surface area is 215 Å². The molecule has 6 nitrogen and oxygen atoms in total. The Morgan fingerprint density at radius 1 is 0.857 bits per heavy atom. The largest absolute Gasteiger partial charge is 0.493 e. The summed E-state index contributed by atoms with van der Waals surface area (Å²) in [4.78, 5) is 31.1. The average Bonchev–Trinajstić information content (AvgIpc) is 3.39. The first-order chi connectivity index (χ1) is 17.0. The normalized spacial score (nSPS) is 10.7. The Hall–Kier alpha value is -2.54. The number of hydrogen-bond acceptors (Lipinski definition) is 5. The first-order valence-corrected chi connectivity index (χ1v) is 13.7. The summed E-state index contributed by atoms with van der Waals surface area (Å²) in [5, 5.41) is 2.03. The lowest BCUT2D eigenvalue weighted by molar-refractivity contribution is -0.141. The van der Waals surface area contributed by atoms with Gasteiger partial charge in [0.05, 0.1) is 27.3 Å². The van der Waals surface area contributed by atoms with Gasteiger partial charge in [-0.05, 0) is 48.4 Å². The third kappa shape index (κ3) is 9.92. The van der Waals surface area contributed by atoms with Gasteiger partial charge in [-0.1, -0.05) is 51.7 Å². The number of carbonyl (C=O) groups excluding carboxylic acids is 2. The highest BCUT2D eigenvalue weighted by atomic mass is 32.1. The van der Waals surface area contributed by atoms with Crippen molar-refractivity contribution in [1.82, 2.24) is 9.80 Å². The van der Waals surface area contributed by atoms with Crippen molar-refractivity contribution in [2.45, 2.75) is 71.8 Å². The fourth-order valence-corrected chi connectivity index (χ4v) is 4.77. The molecule has 0 aliphatic heterocycles. The van der Waals surface area contributed by atoms with Gasteiger partial charge in [-0.3, -0.25) is 9.59 Å². The first-order valence-electron chi connectivity index (χ1n) is 12.8. The predicted octanol–water partition coefficient (Wildman–Crippen LogP) is 5.94. The molecule has 0 atom stereocenters. The van der Waals surface area contributed by atoms with Crippen LogP contribution in [0.3, 0.4) is 0 Å². The zero-order valence-corrected chi connectivity index (χ0v) is 22.7. The second kappa shape index (κ2) is 16.2. The number of thiophene rings is 1. The molecule has 2 aromatic rings. The number of unbranched alkanes of at least 4 members (excludes halogenated alkanes) is 4. The number of benzene rings is 1. The fourth-order valence-electron chi connectivity index (χ4n) is 4.05. The Balaban J connectivity index is 2.04. The first kappa shape index (κ1) is 28.7. The standard InChI is InChI=1S/C28H42N2O4S/c1-5-7-8-9-10-13-27(31)29(17-6-2)22-28(32)30(21-24-12-11-19-35-24)18-16-23-14-15-25(33-3)26(20-23)34-4/h11-12,14-15,19-20H,5-10,13,16-18,21-22H2,1-4H3. The zero-order chi connectivity index (χ0) is 25.5. The molecule has 7 heteroatoms. The van der Waals surface area contributed by atoms with Gasteiger partial charge in [0.15, 0.2) is 11.5 Å². The smallest absolute Gasteiger partial charge is 0.242 e. The van der Waals surface area contributed by atoms with Crippen LogP contribution >= 0.6 is 11.3 Å². The van der Waals surface area contributed by atoms with Crippen LogP contribution in [0.25, 0.3) is 0 Å². The fraction of sp³-hybridized carbons (Fsp3) is 0.571. The van der Waals surface area contributed by atoms with Crippen LogP contribution in [0.15, 0.2) is 35.7 Å². The summed E-state index contributed by atoms with van der Waals surface area (Å²) in [7, 11) is 3.24. The topological polar surface area (TPSA) is 59.1 Å². The van der Waals surface area contributed by atoms with Crippen molar-refractivity contribution in [3.05, 3.63) is 46.2 Å². The molecule has 1 heterocycles. The minimum atomic E-state index is -0.00772. The van der Waals surface area contributed by atoms with Crippen LogP contribution in [0, 0.1) is 0 Å². The van der Waals surface area contributed by atoms with Gasteiger partial charge in [0.2, 0.25) is 11.8 Å². The van der Waals surface area contributed by atoms with Gasteiger partial charge in [-0.25, -0.2) is 0 Å². The molecular formula is C28H42N2O4S.